The molecule has 1 aliphatic heterocycles. The second-order valence-electron chi connectivity index (χ2n) is 4.85. The molecule has 1 saturated heterocycles. The van der Waals surface area contributed by atoms with Crippen LogP contribution in [0.25, 0.3) is 0 Å². The molecule has 1 atom stereocenters. The third-order valence-electron chi connectivity index (χ3n) is 3.53. The predicted molar refractivity (Wildman–Crippen MR) is 72.2 cm³/mol. The van der Waals surface area contributed by atoms with Crippen molar-refractivity contribution < 1.29 is 9.90 Å². The maximum atomic E-state index is 11.2. The van der Waals surface area contributed by atoms with Gasteiger partial charge < -0.3 is 5.11 Å². The molecule has 0 aliphatic carbocycles. The third-order valence-corrected chi connectivity index (χ3v) is 4.72. The Balaban J connectivity index is 2.16. The van der Waals surface area contributed by atoms with Crippen LogP contribution < -0.4 is 0 Å². The standard InChI is InChI=1S/C13H20N2O2S/c1-3-11-14-12(13(16)17)10(18-11)8-15-7-5-4-6-9(15)2/h9H,3-8H2,1-2H3,(H,16,17). The van der Waals surface area contributed by atoms with Gasteiger partial charge in [-0.25, -0.2) is 9.78 Å². The molecule has 0 aromatic carbocycles. The number of carboxylic acid groups (broad SMARTS) is 1. The number of hydrogen-bond donors (Lipinski definition) is 1. The molecule has 4 nitrogen and oxygen atoms in total. The molecule has 0 radical (unpaired) electrons. The Bertz CT molecular complexity index is 431. The van der Waals surface area contributed by atoms with Crippen LogP contribution in [0.5, 0.6) is 0 Å². The van der Waals surface area contributed by atoms with E-state index < -0.39 is 5.97 Å². The summed E-state index contributed by atoms with van der Waals surface area (Å²) in [6.45, 7) is 6.04. The number of likely N-dealkylation sites (tertiary alicyclic amines) is 1. The Labute approximate surface area is 112 Å². The summed E-state index contributed by atoms with van der Waals surface area (Å²) in [4.78, 5) is 18.7. The van der Waals surface area contributed by atoms with Crippen LogP contribution in [0.15, 0.2) is 0 Å². The lowest BCUT2D eigenvalue weighted by molar-refractivity contribution is 0.0687. The minimum absolute atomic E-state index is 0.259. The maximum absolute atomic E-state index is 11.2. The number of nitrogens with zero attached hydrogens (tertiary/aromatic N) is 2. The lowest BCUT2D eigenvalue weighted by atomic mass is 10.0. The predicted octanol–water partition coefficient (Wildman–Crippen LogP) is 2.78. The summed E-state index contributed by atoms with van der Waals surface area (Å²) in [6.07, 6.45) is 4.51. The van der Waals surface area contributed by atoms with Crippen molar-refractivity contribution in [3.63, 3.8) is 0 Å². The number of aromatic carboxylic acids is 1. The van der Waals surface area contributed by atoms with Crippen molar-refractivity contribution in [1.29, 1.82) is 0 Å². The van der Waals surface area contributed by atoms with Crippen LogP contribution in [0.1, 0.15) is 53.5 Å². The lowest BCUT2D eigenvalue weighted by Gasteiger charge is -2.32. The highest BCUT2D eigenvalue weighted by Crippen LogP contribution is 2.25. The van der Waals surface area contributed by atoms with Gasteiger partial charge in [-0.3, -0.25) is 4.90 Å². The van der Waals surface area contributed by atoms with E-state index in [0.717, 1.165) is 29.4 Å². The van der Waals surface area contributed by atoms with Crippen LogP contribution in [-0.4, -0.2) is 33.5 Å². The normalized spacial score (nSPS) is 21.1. The SMILES string of the molecule is CCc1nc(C(=O)O)c(CN2CCCCC2C)s1. The second kappa shape index (κ2) is 5.80. The van der Waals surface area contributed by atoms with Gasteiger partial charge in [0.25, 0.3) is 0 Å². The van der Waals surface area contributed by atoms with Gasteiger partial charge in [0, 0.05) is 12.6 Å². The molecule has 1 unspecified atom stereocenters. The largest absolute Gasteiger partial charge is 0.476 e. The van der Waals surface area contributed by atoms with E-state index in [1.807, 2.05) is 6.92 Å². The Morgan fingerprint density at radius 3 is 2.94 bits per heavy atom. The van der Waals surface area contributed by atoms with Crippen LogP contribution in [0.4, 0.5) is 0 Å². The zero-order valence-corrected chi connectivity index (χ0v) is 11.8. The summed E-state index contributed by atoms with van der Waals surface area (Å²) in [5.41, 5.74) is 0.259. The van der Waals surface area contributed by atoms with Gasteiger partial charge in [-0.1, -0.05) is 13.3 Å². The molecule has 18 heavy (non-hydrogen) atoms. The average Bonchev–Trinajstić information content (AvgIpc) is 2.75. The molecule has 1 aliphatic rings. The molecule has 1 aromatic rings. The first kappa shape index (κ1) is 13.5. The molecule has 1 N–H and O–H groups in total. The number of aryl methyl sites for hydroxylation is 1. The summed E-state index contributed by atoms with van der Waals surface area (Å²) >= 11 is 1.55. The van der Waals surface area contributed by atoms with E-state index in [0.29, 0.717) is 6.04 Å². The Morgan fingerprint density at radius 2 is 2.33 bits per heavy atom. The molecule has 0 bridgehead atoms. The van der Waals surface area contributed by atoms with E-state index >= 15 is 0 Å². The molecule has 1 fully saturated rings. The van der Waals surface area contributed by atoms with E-state index in [1.54, 1.807) is 11.3 Å². The zero-order chi connectivity index (χ0) is 13.1. The van der Waals surface area contributed by atoms with Crippen LogP contribution in [0, 0.1) is 0 Å². The van der Waals surface area contributed by atoms with Crippen molar-refractivity contribution in [1.82, 2.24) is 9.88 Å². The first-order chi connectivity index (χ1) is 8.61. The number of thiazole rings is 1. The molecule has 2 heterocycles. The first-order valence-electron chi connectivity index (χ1n) is 6.57. The zero-order valence-electron chi connectivity index (χ0n) is 11.0. The summed E-state index contributed by atoms with van der Waals surface area (Å²) in [5.74, 6) is -0.898. The van der Waals surface area contributed by atoms with Crippen LogP contribution in [0.3, 0.4) is 0 Å². The molecule has 2 rings (SSSR count). The van der Waals surface area contributed by atoms with Gasteiger partial charge in [0.05, 0.1) is 9.88 Å². The monoisotopic (exact) mass is 268 g/mol. The average molecular weight is 268 g/mol. The van der Waals surface area contributed by atoms with E-state index in [2.05, 4.69) is 16.8 Å². The number of carboxylic acids is 1. The highest BCUT2D eigenvalue weighted by Gasteiger charge is 2.23. The Hall–Kier alpha value is -0.940. The number of hydrogen-bond acceptors (Lipinski definition) is 4. The van der Waals surface area contributed by atoms with Crippen LogP contribution in [0.2, 0.25) is 0 Å². The number of aromatic nitrogens is 1. The molecular formula is C13H20N2O2S. The van der Waals surface area contributed by atoms with E-state index in [9.17, 15) is 9.90 Å². The molecular weight excluding hydrogens is 248 g/mol. The molecule has 1 aromatic heterocycles. The van der Waals surface area contributed by atoms with Gasteiger partial charge in [-0.05, 0) is 32.7 Å². The van der Waals surface area contributed by atoms with Crippen molar-refractivity contribution in [2.45, 2.75) is 52.1 Å². The van der Waals surface area contributed by atoms with Gasteiger partial charge in [-0.2, -0.15) is 0 Å². The van der Waals surface area contributed by atoms with Gasteiger partial charge in [-0.15, -0.1) is 11.3 Å². The fourth-order valence-corrected chi connectivity index (χ4v) is 3.43. The van der Waals surface area contributed by atoms with Gasteiger partial charge in [0.15, 0.2) is 5.69 Å². The second-order valence-corrected chi connectivity index (χ2v) is 6.02. The van der Waals surface area contributed by atoms with Gasteiger partial charge in [0.2, 0.25) is 0 Å². The van der Waals surface area contributed by atoms with Gasteiger partial charge >= 0.3 is 5.97 Å². The van der Waals surface area contributed by atoms with Crippen LogP contribution in [-0.2, 0) is 13.0 Å². The third kappa shape index (κ3) is 2.90. The molecule has 0 spiro atoms. The molecule has 0 amide bonds. The van der Waals surface area contributed by atoms with Crippen molar-refractivity contribution in [3.8, 4) is 0 Å². The van der Waals surface area contributed by atoms with Gasteiger partial charge in [0.1, 0.15) is 0 Å². The summed E-state index contributed by atoms with van der Waals surface area (Å²) in [6, 6.07) is 0.549. The minimum Gasteiger partial charge on any atom is -0.476 e. The highest BCUT2D eigenvalue weighted by molar-refractivity contribution is 7.11. The number of carbonyl (C=O) groups is 1. The number of rotatable bonds is 4. The van der Waals surface area contributed by atoms with E-state index in [4.69, 9.17) is 0 Å². The topological polar surface area (TPSA) is 53.4 Å². The van der Waals surface area contributed by atoms with Crippen molar-refractivity contribution in [2.75, 3.05) is 6.54 Å². The highest BCUT2D eigenvalue weighted by atomic mass is 32.1. The van der Waals surface area contributed by atoms with E-state index in [1.165, 1.54) is 19.3 Å². The van der Waals surface area contributed by atoms with E-state index in [-0.39, 0.29) is 5.69 Å². The smallest absolute Gasteiger partial charge is 0.355 e. The molecule has 0 saturated carbocycles. The lowest BCUT2D eigenvalue weighted by Crippen LogP contribution is -2.36. The molecule has 100 valence electrons. The summed E-state index contributed by atoms with van der Waals surface area (Å²) < 4.78 is 0. The van der Waals surface area contributed by atoms with Crippen molar-refractivity contribution >= 4 is 17.3 Å². The minimum atomic E-state index is -0.898. The Morgan fingerprint density at radius 1 is 1.56 bits per heavy atom. The Kier molecular flexibility index (Phi) is 4.35. The molecule has 5 heteroatoms. The quantitative estimate of drug-likeness (QED) is 0.912. The fraction of sp³-hybridized carbons (Fsp3) is 0.692. The summed E-state index contributed by atoms with van der Waals surface area (Å²) in [5, 5.41) is 10.1. The van der Waals surface area contributed by atoms with Crippen LogP contribution >= 0.6 is 11.3 Å². The van der Waals surface area contributed by atoms with Crippen molar-refractivity contribution in [2.24, 2.45) is 0 Å². The fourth-order valence-electron chi connectivity index (χ4n) is 2.40. The first-order valence-corrected chi connectivity index (χ1v) is 7.39. The maximum Gasteiger partial charge on any atom is 0.355 e. The van der Waals surface area contributed by atoms with Crippen molar-refractivity contribution in [3.05, 3.63) is 15.6 Å². The number of piperidine rings is 1. The summed E-state index contributed by atoms with van der Waals surface area (Å²) in [7, 11) is 0.